The first kappa shape index (κ1) is 27.4. The van der Waals surface area contributed by atoms with E-state index in [-0.39, 0.29) is 30.5 Å². The molecule has 2 aliphatic rings. The fourth-order valence-corrected chi connectivity index (χ4v) is 5.40. The van der Waals surface area contributed by atoms with Crippen molar-refractivity contribution in [3.63, 3.8) is 0 Å². The average Bonchev–Trinajstić information content (AvgIpc) is 3.30. The molecular weight excluding hydrogens is 472 g/mol. The molecule has 0 bridgehead atoms. The number of nitrogens with zero attached hydrogens (tertiary/aromatic N) is 3. The summed E-state index contributed by atoms with van der Waals surface area (Å²) in [6, 6.07) is 8.06. The number of morpholine rings is 1. The van der Waals surface area contributed by atoms with Crippen molar-refractivity contribution >= 4 is 22.7 Å². The van der Waals surface area contributed by atoms with E-state index in [9.17, 15) is 9.59 Å². The molecule has 0 radical (unpaired) electrons. The molecule has 0 aliphatic carbocycles. The number of carbonyl (C=O) groups is 2. The van der Waals surface area contributed by atoms with E-state index < -0.39 is 0 Å². The predicted octanol–water partition coefficient (Wildman–Crippen LogP) is 2.91. The molecule has 4 rings (SSSR count). The van der Waals surface area contributed by atoms with Gasteiger partial charge in [-0.15, -0.1) is 0 Å². The highest BCUT2D eigenvalue weighted by atomic mass is 16.5. The molecule has 0 saturated carbocycles. The minimum Gasteiger partial charge on any atom is -0.482 e. The molecule has 37 heavy (non-hydrogen) atoms. The maximum Gasteiger partial charge on any atom is 0.271 e. The van der Waals surface area contributed by atoms with Crippen LogP contribution >= 0.6 is 0 Å². The fraction of sp³-hybridized carbons (Fsp3) is 0.643. The number of piperidine rings is 1. The molecule has 1 atom stereocenters. The summed E-state index contributed by atoms with van der Waals surface area (Å²) < 4.78 is 18.8. The Bertz CT molecular complexity index is 1040. The molecule has 3 heterocycles. The largest absolute Gasteiger partial charge is 0.482 e. The number of hydrogen-bond donors (Lipinski definition) is 1. The maximum absolute atomic E-state index is 14.1. The minimum absolute atomic E-state index is 0.0386. The summed E-state index contributed by atoms with van der Waals surface area (Å²) >= 11 is 0. The summed E-state index contributed by atoms with van der Waals surface area (Å²) in [4.78, 5) is 30.7. The number of aryl methyl sites for hydroxylation is 1. The molecule has 1 aromatic carbocycles. The van der Waals surface area contributed by atoms with Crippen LogP contribution in [-0.4, -0.2) is 98.0 Å². The lowest BCUT2D eigenvalue weighted by molar-refractivity contribution is -0.137. The summed E-state index contributed by atoms with van der Waals surface area (Å²) in [6.45, 7) is 9.57. The number of nitrogens with one attached hydrogen (secondary N) is 1. The molecule has 0 spiro atoms. The van der Waals surface area contributed by atoms with Crippen LogP contribution < -0.4 is 10.1 Å². The molecule has 1 N–H and O–H groups in total. The quantitative estimate of drug-likeness (QED) is 0.464. The number of hydrogen-bond acceptors (Lipinski definition) is 6. The first-order valence-electron chi connectivity index (χ1n) is 13.6. The summed E-state index contributed by atoms with van der Waals surface area (Å²) in [5.74, 6) is 0.618. The normalized spacial score (nSPS) is 18.4. The summed E-state index contributed by atoms with van der Waals surface area (Å²) in [6.07, 6.45) is 3.83. The van der Waals surface area contributed by atoms with E-state index >= 15 is 0 Å². The Kier molecular flexibility index (Phi) is 9.82. The van der Waals surface area contributed by atoms with Crippen LogP contribution in [0, 0.1) is 0 Å². The van der Waals surface area contributed by atoms with Gasteiger partial charge in [0, 0.05) is 57.4 Å². The smallest absolute Gasteiger partial charge is 0.271 e. The number of rotatable bonds is 11. The van der Waals surface area contributed by atoms with E-state index in [0.29, 0.717) is 50.9 Å². The van der Waals surface area contributed by atoms with Gasteiger partial charge >= 0.3 is 0 Å². The van der Waals surface area contributed by atoms with E-state index in [0.717, 1.165) is 49.7 Å². The zero-order valence-corrected chi connectivity index (χ0v) is 22.5. The van der Waals surface area contributed by atoms with Crippen LogP contribution in [0.4, 0.5) is 0 Å². The summed E-state index contributed by atoms with van der Waals surface area (Å²) in [7, 11) is 1.70. The van der Waals surface area contributed by atoms with Gasteiger partial charge in [0.05, 0.1) is 18.7 Å². The second kappa shape index (κ2) is 13.3. The van der Waals surface area contributed by atoms with Crippen LogP contribution in [0.5, 0.6) is 5.75 Å². The van der Waals surface area contributed by atoms with Crippen molar-refractivity contribution in [2.75, 3.05) is 59.7 Å². The summed E-state index contributed by atoms with van der Waals surface area (Å²) in [5.41, 5.74) is 1.53. The van der Waals surface area contributed by atoms with Gasteiger partial charge < -0.3 is 33.9 Å². The zero-order chi connectivity index (χ0) is 26.2. The van der Waals surface area contributed by atoms with Crippen LogP contribution in [0.3, 0.4) is 0 Å². The fourth-order valence-electron chi connectivity index (χ4n) is 5.40. The zero-order valence-electron chi connectivity index (χ0n) is 22.5. The topological polar surface area (TPSA) is 85.3 Å². The lowest BCUT2D eigenvalue weighted by Crippen LogP contribution is -2.52. The molecule has 1 aromatic heterocycles. The van der Waals surface area contributed by atoms with Crippen LogP contribution in [0.25, 0.3) is 10.9 Å². The lowest BCUT2D eigenvalue weighted by Gasteiger charge is -2.37. The SMILES string of the molecule is COCCCCn1c(C(=O)N(C(C)C)[C@@H]2CCCNC2)cc2cccc(OCC(=O)N3CCOCC3)c21. The van der Waals surface area contributed by atoms with Crippen molar-refractivity contribution in [3.8, 4) is 5.75 Å². The second-order valence-electron chi connectivity index (χ2n) is 10.2. The van der Waals surface area contributed by atoms with Gasteiger partial charge in [-0.05, 0) is 58.2 Å². The molecule has 204 valence electrons. The van der Waals surface area contributed by atoms with E-state index in [1.807, 2.05) is 29.2 Å². The van der Waals surface area contributed by atoms with Gasteiger partial charge in [0.1, 0.15) is 11.4 Å². The monoisotopic (exact) mass is 514 g/mol. The van der Waals surface area contributed by atoms with Crippen molar-refractivity contribution < 1.29 is 23.8 Å². The van der Waals surface area contributed by atoms with Gasteiger partial charge in [0.2, 0.25) is 0 Å². The Balaban J connectivity index is 1.64. The predicted molar refractivity (Wildman–Crippen MR) is 143 cm³/mol. The first-order chi connectivity index (χ1) is 18.0. The van der Waals surface area contributed by atoms with E-state index in [1.165, 1.54) is 0 Å². The van der Waals surface area contributed by atoms with Crippen LogP contribution in [-0.2, 0) is 20.8 Å². The molecular formula is C28H42N4O5. The van der Waals surface area contributed by atoms with E-state index in [4.69, 9.17) is 14.2 Å². The highest BCUT2D eigenvalue weighted by molar-refractivity contribution is 6.00. The van der Waals surface area contributed by atoms with Crippen LogP contribution in [0.15, 0.2) is 24.3 Å². The lowest BCUT2D eigenvalue weighted by atomic mass is 10.0. The van der Waals surface area contributed by atoms with Crippen LogP contribution in [0.1, 0.15) is 50.0 Å². The molecule has 2 aromatic rings. The molecule has 2 fully saturated rings. The minimum atomic E-state index is -0.0504. The van der Waals surface area contributed by atoms with Gasteiger partial charge in [-0.25, -0.2) is 0 Å². The molecule has 2 aliphatic heterocycles. The van der Waals surface area contributed by atoms with Crippen molar-refractivity contribution in [1.82, 2.24) is 19.7 Å². The summed E-state index contributed by atoms with van der Waals surface area (Å²) in [5, 5.41) is 4.39. The van der Waals surface area contributed by atoms with Gasteiger partial charge in [-0.3, -0.25) is 9.59 Å². The Hall–Kier alpha value is -2.62. The highest BCUT2D eigenvalue weighted by Crippen LogP contribution is 2.31. The van der Waals surface area contributed by atoms with Gasteiger partial charge in [0.15, 0.2) is 6.61 Å². The molecule has 2 saturated heterocycles. The van der Waals surface area contributed by atoms with E-state index in [1.54, 1.807) is 12.0 Å². The third-order valence-corrected chi connectivity index (χ3v) is 7.25. The molecule has 2 amide bonds. The van der Waals surface area contributed by atoms with Gasteiger partial charge in [-0.1, -0.05) is 12.1 Å². The Morgan fingerprint density at radius 2 is 2.03 bits per heavy atom. The number of methoxy groups -OCH3 is 1. The number of para-hydroxylation sites is 1. The average molecular weight is 515 g/mol. The number of benzene rings is 1. The number of aromatic nitrogens is 1. The van der Waals surface area contributed by atoms with Crippen LogP contribution in [0.2, 0.25) is 0 Å². The number of amides is 2. The first-order valence-corrected chi connectivity index (χ1v) is 13.6. The Labute approximate surface area is 220 Å². The third kappa shape index (κ3) is 6.64. The van der Waals surface area contributed by atoms with Crippen molar-refractivity contribution in [2.24, 2.45) is 0 Å². The number of unbranched alkanes of at least 4 members (excludes halogenated alkanes) is 1. The third-order valence-electron chi connectivity index (χ3n) is 7.25. The molecule has 9 nitrogen and oxygen atoms in total. The number of carbonyl (C=O) groups excluding carboxylic acids is 2. The Morgan fingerprint density at radius 3 is 2.73 bits per heavy atom. The number of fused-ring (bicyclic) bond motifs is 1. The number of ether oxygens (including phenoxy) is 3. The standard InChI is InChI=1S/C28H42N4O5/c1-21(2)32(23-9-7-11-29-19-23)28(34)24-18-22-8-6-10-25(27(22)31(24)12-4-5-15-35-3)37-20-26(33)30-13-16-36-17-14-30/h6,8,10,18,21,23,29H,4-5,7,9,11-17,19-20H2,1-3H3/t23-/m1/s1. The molecule has 9 heteroatoms. The van der Waals surface area contributed by atoms with E-state index in [2.05, 4.69) is 23.7 Å². The maximum atomic E-state index is 14.1. The Morgan fingerprint density at radius 1 is 1.22 bits per heavy atom. The van der Waals surface area contributed by atoms with Crippen molar-refractivity contribution in [2.45, 2.75) is 58.2 Å². The van der Waals surface area contributed by atoms with Crippen molar-refractivity contribution in [3.05, 3.63) is 30.0 Å². The molecule has 0 unspecified atom stereocenters. The second-order valence-corrected chi connectivity index (χ2v) is 10.2. The van der Waals surface area contributed by atoms with Crippen molar-refractivity contribution in [1.29, 1.82) is 0 Å². The van der Waals surface area contributed by atoms with Gasteiger partial charge in [0.25, 0.3) is 11.8 Å². The van der Waals surface area contributed by atoms with Gasteiger partial charge in [-0.2, -0.15) is 0 Å². The highest BCUT2D eigenvalue weighted by Gasteiger charge is 2.31.